The maximum Gasteiger partial charge on any atom is 0.348 e. The molecule has 4 heterocycles. The minimum atomic E-state index is -1.56. The van der Waals surface area contributed by atoms with Crippen LogP contribution in [0.15, 0.2) is 41.3 Å². The molecule has 0 amide bonds. The second-order valence-electron chi connectivity index (χ2n) is 9.51. The van der Waals surface area contributed by atoms with Gasteiger partial charge in [0.1, 0.15) is 29.8 Å². The van der Waals surface area contributed by atoms with E-state index in [9.17, 15) is 25.2 Å². The summed E-state index contributed by atoms with van der Waals surface area (Å²) in [5.41, 5.74) is 3.06. The molecule has 6 rings (SSSR count). The van der Waals surface area contributed by atoms with Gasteiger partial charge in [-0.15, -0.1) is 0 Å². The lowest BCUT2D eigenvalue weighted by Crippen LogP contribution is -2.58. The summed E-state index contributed by atoms with van der Waals surface area (Å²) in [5, 5.41) is 49.5. The molecule has 36 heavy (non-hydrogen) atoms. The number of H-pyrrole nitrogens is 1. The van der Waals surface area contributed by atoms with E-state index < -0.39 is 36.4 Å². The van der Waals surface area contributed by atoms with Crippen LogP contribution >= 0.6 is 0 Å². The molecule has 4 bridgehead atoms. The maximum absolute atomic E-state index is 12.9. The van der Waals surface area contributed by atoms with Crippen molar-refractivity contribution in [2.24, 2.45) is 7.05 Å². The van der Waals surface area contributed by atoms with Crippen LogP contribution in [0.5, 0.6) is 11.5 Å². The van der Waals surface area contributed by atoms with E-state index in [4.69, 9.17) is 9.47 Å². The van der Waals surface area contributed by atoms with Crippen molar-refractivity contribution >= 4 is 10.9 Å². The molecule has 2 aliphatic rings. The predicted octanol–water partition coefficient (Wildman–Crippen LogP) is 1.10. The molecule has 0 spiro atoms. The summed E-state index contributed by atoms with van der Waals surface area (Å²) in [5.74, 6) is 0.0420. The summed E-state index contributed by atoms with van der Waals surface area (Å²) in [6.07, 6.45) is -4.50. The molecule has 11 heteroatoms. The van der Waals surface area contributed by atoms with Gasteiger partial charge in [-0.25, -0.2) is 14.5 Å². The number of hydrogen-bond donors (Lipinski definition) is 5. The third-order valence-corrected chi connectivity index (χ3v) is 7.29. The zero-order chi connectivity index (χ0) is 25.5. The summed E-state index contributed by atoms with van der Waals surface area (Å²) in [7, 11) is 1.94. The third kappa shape index (κ3) is 3.21. The Morgan fingerprint density at radius 1 is 1.06 bits per heavy atom. The van der Waals surface area contributed by atoms with Crippen molar-refractivity contribution in [3.8, 4) is 28.6 Å². The van der Waals surface area contributed by atoms with Gasteiger partial charge in [0.2, 0.25) is 6.29 Å². The number of hydrogen-bond acceptors (Lipinski definition) is 8. The van der Waals surface area contributed by atoms with E-state index in [1.54, 1.807) is 13.0 Å². The van der Waals surface area contributed by atoms with E-state index >= 15 is 0 Å². The fourth-order valence-electron chi connectivity index (χ4n) is 5.22. The Morgan fingerprint density at radius 3 is 2.61 bits per heavy atom. The van der Waals surface area contributed by atoms with Gasteiger partial charge in [-0.3, -0.25) is 0 Å². The number of ether oxygens (including phenoxy) is 2. The number of nitrogens with zero attached hydrogens (tertiary/aromatic N) is 3. The van der Waals surface area contributed by atoms with Crippen molar-refractivity contribution in [1.82, 2.24) is 19.3 Å². The molecule has 1 fully saturated rings. The van der Waals surface area contributed by atoms with E-state index in [-0.39, 0.29) is 23.2 Å². The first-order chi connectivity index (χ1) is 17.2. The number of phenolic OH excluding ortho intramolecular Hbond substituents is 1. The minimum Gasteiger partial charge on any atom is -0.508 e. The van der Waals surface area contributed by atoms with Gasteiger partial charge in [-0.05, 0) is 36.8 Å². The summed E-state index contributed by atoms with van der Waals surface area (Å²) in [6, 6.07) is 8.76. The Balaban J connectivity index is 1.57. The third-order valence-electron chi connectivity index (χ3n) is 7.29. The first kappa shape index (κ1) is 22.8. The zero-order valence-electron chi connectivity index (χ0n) is 19.8. The first-order valence-electron chi connectivity index (χ1n) is 11.7. The van der Waals surface area contributed by atoms with Gasteiger partial charge >= 0.3 is 5.69 Å². The highest BCUT2D eigenvalue weighted by Gasteiger charge is 2.43. The fraction of sp³-hybridized carbons (Fsp3) is 0.360. The van der Waals surface area contributed by atoms with Crippen molar-refractivity contribution in [1.29, 1.82) is 0 Å². The Hall–Kier alpha value is -3.64. The van der Waals surface area contributed by atoms with Gasteiger partial charge in [0.05, 0.1) is 17.4 Å². The summed E-state index contributed by atoms with van der Waals surface area (Å²) < 4.78 is 15.0. The molecule has 0 saturated carbocycles. The highest BCUT2D eigenvalue weighted by Crippen LogP contribution is 2.44. The first-order valence-corrected chi connectivity index (χ1v) is 11.7. The van der Waals surface area contributed by atoms with Crippen LogP contribution in [0, 0.1) is 0 Å². The normalized spacial score (nSPS) is 27.3. The number of aromatic amines is 1. The Labute approximate surface area is 204 Å². The number of aryl methyl sites for hydroxylation is 1. The summed E-state index contributed by atoms with van der Waals surface area (Å²) in [4.78, 5) is 12.9. The van der Waals surface area contributed by atoms with Crippen LogP contribution in [0.2, 0.25) is 0 Å². The number of aromatic hydroxyl groups is 1. The molecule has 11 nitrogen and oxygen atoms in total. The number of aromatic nitrogens is 4. The fourth-order valence-corrected chi connectivity index (χ4v) is 5.22. The quantitative estimate of drug-likeness (QED) is 0.277. The van der Waals surface area contributed by atoms with Crippen molar-refractivity contribution < 1.29 is 29.9 Å². The molecular formula is C25H26N4O7. The van der Waals surface area contributed by atoms with Crippen LogP contribution in [0.4, 0.5) is 0 Å². The zero-order valence-corrected chi connectivity index (χ0v) is 19.8. The largest absolute Gasteiger partial charge is 0.508 e. The highest BCUT2D eigenvalue weighted by atomic mass is 16.7. The average Bonchev–Trinajstić information content (AvgIpc) is 3.40. The van der Waals surface area contributed by atoms with Crippen LogP contribution in [0.3, 0.4) is 0 Å². The molecule has 0 aliphatic carbocycles. The van der Waals surface area contributed by atoms with E-state index in [1.165, 1.54) is 10.6 Å². The smallest absolute Gasteiger partial charge is 0.348 e. The molecule has 2 aromatic heterocycles. The van der Waals surface area contributed by atoms with Gasteiger partial charge in [-0.2, -0.15) is 5.10 Å². The molecule has 188 valence electrons. The standard InChI is InChI=1S/C25H26N4O7/c1-10-13-7-15(19(8-18(13)30)36-24-22(33)21(32)20(31)11(2)35-24)23-26-27-25(34)29(23)12-4-5-17-14(6-12)16(10)9-28(17)3/h4-11,20-22,24,30-33H,1-3H3,(H,27,34)/t10?,11-,20+,21+,22-,24-/m0/s1. The van der Waals surface area contributed by atoms with Gasteiger partial charge < -0.3 is 34.5 Å². The van der Waals surface area contributed by atoms with Crippen molar-refractivity contribution in [3.05, 3.63) is 58.1 Å². The van der Waals surface area contributed by atoms with Gasteiger partial charge in [0.25, 0.3) is 0 Å². The lowest BCUT2D eigenvalue weighted by Gasteiger charge is -2.39. The van der Waals surface area contributed by atoms with Gasteiger partial charge in [-0.1, -0.05) is 6.92 Å². The highest BCUT2D eigenvalue weighted by molar-refractivity contribution is 5.88. The van der Waals surface area contributed by atoms with Crippen molar-refractivity contribution in [2.75, 3.05) is 0 Å². The monoisotopic (exact) mass is 494 g/mol. The molecule has 6 atom stereocenters. The van der Waals surface area contributed by atoms with Crippen molar-refractivity contribution in [3.63, 3.8) is 0 Å². The molecule has 2 aromatic carbocycles. The van der Waals surface area contributed by atoms with Gasteiger partial charge in [0.15, 0.2) is 5.82 Å². The predicted molar refractivity (Wildman–Crippen MR) is 128 cm³/mol. The lowest BCUT2D eigenvalue weighted by atomic mass is 9.90. The van der Waals surface area contributed by atoms with Gasteiger partial charge in [0, 0.05) is 41.7 Å². The van der Waals surface area contributed by atoms with Crippen LogP contribution in [-0.2, 0) is 11.8 Å². The Bertz CT molecular complexity index is 1550. The molecule has 1 unspecified atom stereocenters. The summed E-state index contributed by atoms with van der Waals surface area (Å²) in [6.45, 7) is 3.53. The molecule has 0 radical (unpaired) electrons. The van der Waals surface area contributed by atoms with Crippen molar-refractivity contribution in [2.45, 2.75) is 50.5 Å². The Kier molecular flexibility index (Phi) is 5.02. The SMILES string of the molecule is CC1c2cc(c(O[C@@H]3O[C@@H](C)[C@@H](O)[C@@H](O)[C@@H]3O)cc2O)-c2n[nH]c(=O)n2-c2ccc3c(c2)c1cn3C. The van der Waals surface area contributed by atoms with Crippen LogP contribution in [-0.4, -0.2) is 70.5 Å². The second kappa shape index (κ2) is 7.93. The minimum absolute atomic E-state index is 0.0571. The van der Waals surface area contributed by atoms with Crippen LogP contribution in [0.1, 0.15) is 30.9 Å². The molecule has 5 N–H and O–H groups in total. The van der Waals surface area contributed by atoms with E-state index in [1.807, 2.05) is 42.9 Å². The molecule has 2 aliphatic heterocycles. The number of phenols is 1. The maximum atomic E-state index is 12.9. The average molecular weight is 495 g/mol. The second-order valence-corrected chi connectivity index (χ2v) is 9.51. The number of benzene rings is 2. The number of rotatable bonds is 2. The number of aliphatic hydroxyl groups is 3. The Morgan fingerprint density at radius 2 is 1.83 bits per heavy atom. The number of aliphatic hydroxyl groups excluding tert-OH is 3. The van der Waals surface area contributed by atoms with E-state index in [0.717, 1.165) is 16.5 Å². The molecule has 1 saturated heterocycles. The molecule has 4 aromatic rings. The van der Waals surface area contributed by atoms with E-state index in [2.05, 4.69) is 10.2 Å². The number of nitrogens with one attached hydrogen (secondary N) is 1. The number of fused-ring (bicyclic) bond motifs is 6. The van der Waals surface area contributed by atoms with Crippen LogP contribution in [0.25, 0.3) is 28.0 Å². The molecular weight excluding hydrogens is 468 g/mol. The van der Waals surface area contributed by atoms with Crippen LogP contribution < -0.4 is 10.4 Å². The lowest BCUT2D eigenvalue weighted by molar-refractivity contribution is -0.268. The van der Waals surface area contributed by atoms with E-state index in [0.29, 0.717) is 16.8 Å². The topological polar surface area (TPSA) is 155 Å². The summed E-state index contributed by atoms with van der Waals surface area (Å²) >= 11 is 0.